The van der Waals surface area contributed by atoms with Crippen LogP contribution in [0.15, 0.2) is 91.5 Å². The van der Waals surface area contributed by atoms with E-state index in [1.54, 1.807) is 66.7 Å². The van der Waals surface area contributed by atoms with Gasteiger partial charge in [0.2, 0.25) is 0 Å². The average molecular weight is 489 g/mol. The van der Waals surface area contributed by atoms with Gasteiger partial charge < -0.3 is 9.47 Å². The van der Waals surface area contributed by atoms with Gasteiger partial charge in [-0.3, -0.25) is 0 Å². The predicted molar refractivity (Wildman–Crippen MR) is 138 cm³/mol. The van der Waals surface area contributed by atoms with E-state index < -0.39 is 17.5 Å². The van der Waals surface area contributed by atoms with E-state index in [0.717, 1.165) is 24.0 Å². The maximum absolute atomic E-state index is 14.9. The Bertz CT molecular complexity index is 1330. The van der Waals surface area contributed by atoms with Crippen LogP contribution in [0.1, 0.15) is 24.0 Å². The molecule has 0 spiro atoms. The summed E-state index contributed by atoms with van der Waals surface area (Å²) in [6.45, 7) is 6.19. The standard InChI is InChI=1S/C31H27F3O2/c1-3-4-5-18-35-29-17-14-25(19-28(29)32)36-20-22-8-12-24(13-9-22)27-16-15-26(30(33)31(27)34)23-10-6-21(2)7-11-23/h3,6-17,19H,1,4-5,18,20H2,2H3. The summed E-state index contributed by atoms with van der Waals surface area (Å²) < 4.78 is 55.1. The Hall–Kier alpha value is -3.99. The molecule has 0 aliphatic rings. The van der Waals surface area contributed by atoms with Crippen LogP contribution >= 0.6 is 0 Å². The Morgan fingerprint density at radius 1 is 0.750 bits per heavy atom. The average Bonchev–Trinajstić information content (AvgIpc) is 2.89. The van der Waals surface area contributed by atoms with Gasteiger partial charge in [-0.1, -0.05) is 72.3 Å². The van der Waals surface area contributed by atoms with E-state index in [9.17, 15) is 13.2 Å². The third-order valence-electron chi connectivity index (χ3n) is 5.83. The highest BCUT2D eigenvalue weighted by Gasteiger charge is 2.16. The van der Waals surface area contributed by atoms with Crippen LogP contribution in [0.25, 0.3) is 22.3 Å². The van der Waals surface area contributed by atoms with Crippen LogP contribution in [0.5, 0.6) is 11.5 Å². The SMILES string of the molecule is C=CCCCOc1ccc(OCc2ccc(-c3ccc(-c4ccc(C)cc4)c(F)c3F)cc2)cc1F. The van der Waals surface area contributed by atoms with E-state index in [2.05, 4.69) is 6.58 Å². The Balaban J connectivity index is 1.41. The lowest BCUT2D eigenvalue weighted by Gasteiger charge is -2.11. The van der Waals surface area contributed by atoms with Crippen LogP contribution in [-0.4, -0.2) is 6.61 Å². The number of benzene rings is 4. The van der Waals surface area contributed by atoms with E-state index in [-0.39, 0.29) is 23.5 Å². The molecule has 2 nitrogen and oxygen atoms in total. The van der Waals surface area contributed by atoms with Crippen LogP contribution in [0.3, 0.4) is 0 Å². The fourth-order valence-electron chi connectivity index (χ4n) is 3.77. The largest absolute Gasteiger partial charge is 0.491 e. The number of rotatable bonds is 10. The molecule has 0 amide bonds. The highest BCUT2D eigenvalue weighted by Crippen LogP contribution is 2.32. The van der Waals surface area contributed by atoms with Crippen LogP contribution < -0.4 is 9.47 Å². The van der Waals surface area contributed by atoms with Gasteiger partial charge >= 0.3 is 0 Å². The van der Waals surface area contributed by atoms with Gasteiger partial charge in [0.05, 0.1) is 6.61 Å². The molecule has 0 aliphatic heterocycles. The van der Waals surface area contributed by atoms with Gasteiger partial charge in [0, 0.05) is 17.2 Å². The van der Waals surface area contributed by atoms with Crippen LogP contribution in [0, 0.1) is 24.4 Å². The summed E-state index contributed by atoms with van der Waals surface area (Å²) in [5, 5.41) is 0. The molecule has 184 valence electrons. The van der Waals surface area contributed by atoms with Gasteiger partial charge in [0.25, 0.3) is 0 Å². The fourth-order valence-corrected chi connectivity index (χ4v) is 3.77. The molecule has 0 fully saturated rings. The predicted octanol–water partition coefficient (Wildman–Crippen LogP) is 8.67. The van der Waals surface area contributed by atoms with Crippen LogP contribution in [0.4, 0.5) is 13.2 Å². The number of hydrogen-bond donors (Lipinski definition) is 0. The summed E-state index contributed by atoms with van der Waals surface area (Å²) in [5.41, 5.74) is 3.44. The van der Waals surface area contributed by atoms with Crippen LogP contribution in [0.2, 0.25) is 0 Å². The Morgan fingerprint density at radius 2 is 1.36 bits per heavy atom. The summed E-state index contributed by atoms with van der Waals surface area (Å²) in [4.78, 5) is 0. The first-order chi connectivity index (χ1) is 17.5. The molecule has 0 bridgehead atoms. The zero-order valence-electron chi connectivity index (χ0n) is 20.1. The second kappa shape index (κ2) is 11.6. The number of halogens is 3. The number of ether oxygens (including phenoxy) is 2. The second-order valence-corrected chi connectivity index (χ2v) is 8.51. The maximum Gasteiger partial charge on any atom is 0.168 e. The topological polar surface area (TPSA) is 18.5 Å². The van der Waals surface area contributed by atoms with E-state index in [1.807, 2.05) is 19.1 Å². The molecule has 0 aliphatic carbocycles. The molecule has 0 saturated carbocycles. The first-order valence-corrected chi connectivity index (χ1v) is 11.8. The fraction of sp³-hybridized carbons (Fsp3) is 0.161. The molecule has 0 heterocycles. The number of hydrogen-bond acceptors (Lipinski definition) is 2. The number of unbranched alkanes of at least 4 members (excludes halogenated alkanes) is 1. The molecule has 0 radical (unpaired) electrons. The summed E-state index contributed by atoms with van der Waals surface area (Å²) >= 11 is 0. The lowest BCUT2D eigenvalue weighted by molar-refractivity contribution is 0.287. The van der Waals surface area contributed by atoms with Gasteiger partial charge in [-0.2, -0.15) is 0 Å². The number of aryl methyl sites for hydroxylation is 1. The van der Waals surface area contributed by atoms with Crippen LogP contribution in [-0.2, 0) is 6.61 Å². The molecule has 4 aromatic carbocycles. The molecular weight excluding hydrogens is 461 g/mol. The van der Waals surface area contributed by atoms with Crippen molar-refractivity contribution in [3.8, 4) is 33.8 Å². The van der Waals surface area contributed by atoms with E-state index in [4.69, 9.17) is 9.47 Å². The summed E-state index contributed by atoms with van der Waals surface area (Å²) in [5.74, 6) is -1.71. The number of allylic oxidation sites excluding steroid dienone is 1. The molecule has 0 N–H and O–H groups in total. The van der Waals surface area contributed by atoms with E-state index in [1.165, 1.54) is 6.07 Å². The van der Waals surface area contributed by atoms with Gasteiger partial charge in [0.1, 0.15) is 12.4 Å². The lowest BCUT2D eigenvalue weighted by Crippen LogP contribution is -2.00. The first-order valence-electron chi connectivity index (χ1n) is 11.8. The third-order valence-corrected chi connectivity index (χ3v) is 5.83. The molecule has 0 unspecified atom stereocenters. The quantitative estimate of drug-likeness (QED) is 0.164. The second-order valence-electron chi connectivity index (χ2n) is 8.51. The van der Waals surface area contributed by atoms with Crippen molar-refractivity contribution in [1.29, 1.82) is 0 Å². The van der Waals surface area contributed by atoms with Crippen molar-refractivity contribution in [1.82, 2.24) is 0 Å². The minimum Gasteiger partial charge on any atom is -0.491 e. The van der Waals surface area contributed by atoms with Crippen molar-refractivity contribution in [3.05, 3.63) is 120 Å². The molecular formula is C31H27F3O2. The monoisotopic (exact) mass is 488 g/mol. The van der Waals surface area contributed by atoms with E-state index in [0.29, 0.717) is 23.5 Å². The van der Waals surface area contributed by atoms with Crippen molar-refractivity contribution in [2.75, 3.05) is 6.61 Å². The first kappa shape index (κ1) is 25.1. The maximum atomic E-state index is 14.9. The molecule has 0 saturated heterocycles. The third kappa shape index (κ3) is 5.98. The molecule has 4 aromatic rings. The summed E-state index contributed by atoms with van der Waals surface area (Å²) in [6, 6.07) is 21.9. The van der Waals surface area contributed by atoms with E-state index >= 15 is 0 Å². The van der Waals surface area contributed by atoms with Gasteiger partial charge in [-0.25, -0.2) is 13.2 Å². The van der Waals surface area contributed by atoms with Crippen molar-refractivity contribution >= 4 is 0 Å². The van der Waals surface area contributed by atoms with Crippen molar-refractivity contribution in [3.63, 3.8) is 0 Å². The zero-order valence-corrected chi connectivity index (χ0v) is 20.1. The molecule has 4 rings (SSSR count). The zero-order chi connectivity index (χ0) is 25.5. The summed E-state index contributed by atoms with van der Waals surface area (Å²) in [6.07, 6.45) is 3.37. The highest BCUT2D eigenvalue weighted by molar-refractivity contribution is 5.72. The van der Waals surface area contributed by atoms with Crippen molar-refractivity contribution in [2.24, 2.45) is 0 Å². The highest BCUT2D eigenvalue weighted by atomic mass is 19.2. The van der Waals surface area contributed by atoms with Crippen molar-refractivity contribution in [2.45, 2.75) is 26.4 Å². The Labute approximate surface area is 209 Å². The molecule has 0 aromatic heterocycles. The lowest BCUT2D eigenvalue weighted by atomic mass is 9.98. The molecule has 0 atom stereocenters. The minimum absolute atomic E-state index is 0.179. The van der Waals surface area contributed by atoms with Gasteiger partial charge in [-0.15, -0.1) is 6.58 Å². The Kier molecular flexibility index (Phi) is 8.11. The Morgan fingerprint density at radius 3 is 1.94 bits per heavy atom. The minimum atomic E-state index is -0.889. The molecule has 36 heavy (non-hydrogen) atoms. The van der Waals surface area contributed by atoms with Crippen molar-refractivity contribution < 1.29 is 22.6 Å². The van der Waals surface area contributed by atoms with Gasteiger partial charge in [-0.05, 0) is 48.6 Å². The summed E-state index contributed by atoms with van der Waals surface area (Å²) in [7, 11) is 0. The molecule has 5 heteroatoms. The van der Waals surface area contributed by atoms with Gasteiger partial charge in [0.15, 0.2) is 23.2 Å². The smallest absolute Gasteiger partial charge is 0.168 e. The normalized spacial score (nSPS) is 10.8.